The Kier molecular flexibility index (Phi) is 6.73. The van der Waals surface area contributed by atoms with E-state index in [0.717, 1.165) is 36.8 Å². The predicted octanol–water partition coefficient (Wildman–Crippen LogP) is 4.08. The first-order chi connectivity index (χ1) is 11.1. The number of hydrogen-bond donors (Lipinski definition) is 1. The Morgan fingerprint density at radius 2 is 2.22 bits per heavy atom. The third kappa shape index (κ3) is 5.76. The summed E-state index contributed by atoms with van der Waals surface area (Å²) in [5.41, 5.74) is 0. The number of benzene rings is 1. The van der Waals surface area contributed by atoms with Gasteiger partial charge in [0.1, 0.15) is 16.6 Å². The minimum absolute atomic E-state index is 0.118. The van der Waals surface area contributed by atoms with Crippen LogP contribution >= 0.6 is 22.9 Å². The SMILES string of the molecule is CCCCCc1nnc(NC(=O)COc2ccc(F)cc2Cl)s1. The standard InChI is InChI=1S/C15H17ClFN3O2S/c1-2-3-4-5-14-19-20-15(23-14)18-13(21)9-22-12-7-6-10(17)8-11(12)16/h6-8H,2-5,9H2,1H3,(H,18,20,21). The molecule has 1 aromatic heterocycles. The van der Waals surface area contributed by atoms with Gasteiger partial charge in [0.15, 0.2) is 6.61 Å². The van der Waals surface area contributed by atoms with Gasteiger partial charge in [-0.25, -0.2) is 4.39 Å². The molecule has 0 unspecified atom stereocenters. The summed E-state index contributed by atoms with van der Waals surface area (Å²) in [5.74, 6) is -0.585. The molecule has 0 aliphatic carbocycles. The number of rotatable bonds is 8. The summed E-state index contributed by atoms with van der Waals surface area (Å²) < 4.78 is 18.2. The topological polar surface area (TPSA) is 64.1 Å². The Bertz CT molecular complexity index is 666. The molecule has 0 aliphatic rings. The first-order valence-corrected chi connectivity index (χ1v) is 8.48. The monoisotopic (exact) mass is 357 g/mol. The van der Waals surface area contributed by atoms with Gasteiger partial charge < -0.3 is 4.74 Å². The number of carbonyl (C=O) groups excluding carboxylic acids is 1. The van der Waals surface area contributed by atoms with Gasteiger partial charge in [0.2, 0.25) is 5.13 Å². The van der Waals surface area contributed by atoms with Crippen molar-refractivity contribution in [2.24, 2.45) is 0 Å². The van der Waals surface area contributed by atoms with Crippen molar-refractivity contribution in [2.45, 2.75) is 32.6 Å². The highest BCUT2D eigenvalue weighted by atomic mass is 35.5. The number of ether oxygens (including phenoxy) is 1. The summed E-state index contributed by atoms with van der Waals surface area (Å²) in [7, 11) is 0. The normalized spacial score (nSPS) is 10.6. The molecule has 0 aliphatic heterocycles. The van der Waals surface area contributed by atoms with Crippen LogP contribution in [0.15, 0.2) is 18.2 Å². The predicted molar refractivity (Wildman–Crippen MR) is 88.7 cm³/mol. The number of aromatic nitrogens is 2. The highest BCUT2D eigenvalue weighted by Gasteiger charge is 2.10. The van der Waals surface area contributed by atoms with E-state index in [0.29, 0.717) is 5.13 Å². The third-order valence-corrected chi connectivity index (χ3v) is 4.15. The van der Waals surface area contributed by atoms with Gasteiger partial charge >= 0.3 is 0 Å². The van der Waals surface area contributed by atoms with Crippen molar-refractivity contribution in [3.63, 3.8) is 0 Å². The number of halogens is 2. The molecule has 0 spiro atoms. The van der Waals surface area contributed by atoms with E-state index in [1.54, 1.807) is 0 Å². The molecule has 124 valence electrons. The molecule has 23 heavy (non-hydrogen) atoms. The lowest BCUT2D eigenvalue weighted by molar-refractivity contribution is -0.118. The summed E-state index contributed by atoms with van der Waals surface area (Å²) >= 11 is 7.17. The molecular formula is C15H17ClFN3O2S. The second-order valence-corrected chi connectivity index (χ2v) is 6.34. The fourth-order valence-corrected chi connectivity index (χ4v) is 2.84. The van der Waals surface area contributed by atoms with Crippen LogP contribution in [0.2, 0.25) is 5.02 Å². The zero-order valence-electron chi connectivity index (χ0n) is 12.6. The van der Waals surface area contributed by atoms with Gasteiger partial charge in [0, 0.05) is 6.42 Å². The average Bonchev–Trinajstić information content (AvgIpc) is 2.94. The van der Waals surface area contributed by atoms with Crippen molar-refractivity contribution < 1.29 is 13.9 Å². The lowest BCUT2D eigenvalue weighted by Gasteiger charge is -2.07. The van der Waals surface area contributed by atoms with Crippen molar-refractivity contribution >= 4 is 34.0 Å². The van der Waals surface area contributed by atoms with Gasteiger partial charge in [-0.15, -0.1) is 10.2 Å². The van der Waals surface area contributed by atoms with Crippen LogP contribution in [0.1, 0.15) is 31.2 Å². The van der Waals surface area contributed by atoms with Gasteiger partial charge in [-0.05, 0) is 24.6 Å². The van der Waals surface area contributed by atoms with Crippen molar-refractivity contribution in [2.75, 3.05) is 11.9 Å². The molecular weight excluding hydrogens is 341 g/mol. The molecule has 5 nitrogen and oxygen atoms in total. The number of hydrogen-bond acceptors (Lipinski definition) is 5. The molecule has 0 bridgehead atoms. The van der Waals surface area contributed by atoms with Crippen LogP contribution in [0.25, 0.3) is 0 Å². The molecule has 2 rings (SSSR count). The Morgan fingerprint density at radius 3 is 2.96 bits per heavy atom. The number of aryl methyl sites for hydroxylation is 1. The van der Waals surface area contributed by atoms with Crippen LogP contribution < -0.4 is 10.1 Å². The molecule has 0 radical (unpaired) electrons. The molecule has 1 heterocycles. The summed E-state index contributed by atoms with van der Waals surface area (Å²) in [4.78, 5) is 11.8. The number of carbonyl (C=O) groups is 1. The Morgan fingerprint density at radius 1 is 1.39 bits per heavy atom. The first kappa shape index (κ1) is 17.6. The van der Waals surface area contributed by atoms with Crippen LogP contribution in [0, 0.1) is 5.82 Å². The molecule has 0 saturated carbocycles. The van der Waals surface area contributed by atoms with Crippen LogP contribution in [0.5, 0.6) is 5.75 Å². The van der Waals surface area contributed by atoms with Crippen molar-refractivity contribution in [1.29, 1.82) is 0 Å². The van der Waals surface area contributed by atoms with Crippen LogP contribution in [0.4, 0.5) is 9.52 Å². The van der Waals surface area contributed by atoms with E-state index >= 15 is 0 Å². The maximum absolute atomic E-state index is 12.9. The highest BCUT2D eigenvalue weighted by molar-refractivity contribution is 7.15. The summed E-state index contributed by atoms with van der Waals surface area (Å²) in [6.07, 6.45) is 4.22. The fraction of sp³-hybridized carbons (Fsp3) is 0.400. The second-order valence-electron chi connectivity index (χ2n) is 4.87. The number of nitrogens with zero attached hydrogens (tertiary/aromatic N) is 2. The number of anilines is 1. The highest BCUT2D eigenvalue weighted by Crippen LogP contribution is 2.25. The zero-order valence-corrected chi connectivity index (χ0v) is 14.2. The minimum Gasteiger partial charge on any atom is -0.482 e. The van der Waals surface area contributed by atoms with Gasteiger partial charge in [0.05, 0.1) is 5.02 Å². The summed E-state index contributed by atoms with van der Waals surface area (Å²) in [6, 6.07) is 3.72. The Balaban J connectivity index is 1.80. The number of nitrogens with one attached hydrogen (secondary N) is 1. The second kappa shape index (κ2) is 8.79. The van der Waals surface area contributed by atoms with Crippen molar-refractivity contribution in [3.05, 3.63) is 34.0 Å². The van der Waals surface area contributed by atoms with E-state index in [4.69, 9.17) is 16.3 Å². The largest absolute Gasteiger partial charge is 0.482 e. The number of unbranched alkanes of at least 4 members (excludes halogenated alkanes) is 2. The number of amides is 1. The van der Waals surface area contributed by atoms with E-state index in [9.17, 15) is 9.18 Å². The Hall–Kier alpha value is -1.73. The van der Waals surface area contributed by atoms with E-state index in [2.05, 4.69) is 22.4 Å². The summed E-state index contributed by atoms with van der Waals surface area (Å²) in [6.45, 7) is 1.90. The molecule has 0 fully saturated rings. The first-order valence-electron chi connectivity index (χ1n) is 7.28. The van der Waals surface area contributed by atoms with E-state index in [1.165, 1.54) is 23.5 Å². The van der Waals surface area contributed by atoms with Gasteiger partial charge in [-0.3, -0.25) is 10.1 Å². The molecule has 8 heteroatoms. The van der Waals surface area contributed by atoms with Gasteiger partial charge in [-0.1, -0.05) is 42.7 Å². The van der Waals surface area contributed by atoms with Crippen molar-refractivity contribution in [3.8, 4) is 5.75 Å². The quantitative estimate of drug-likeness (QED) is 0.723. The summed E-state index contributed by atoms with van der Waals surface area (Å²) in [5, 5.41) is 12.0. The lowest BCUT2D eigenvalue weighted by Crippen LogP contribution is -2.20. The van der Waals surface area contributed by atoms with Crippen LogP contribution in [-0.4, -0.2) is 22.7 Å². The maximum Gasteiger partial charge on any atom is 0.264 e. The van der Waals surface area contributed by atoms with Crippen LogP contribution in [0.3, 0.4) is 0 Å². The van der Waals surface area contributed by atoms with E-state index < -0.39 is 5.82 Å². The minimum atomic E-state index is -0.462. The third-order valence-electron chi connectivity index (χ3n) is 2.96. The fourth-order valence-electron chi connectivity index (χ4n) is 1.82. The molecule has 1 N–H and O–H groups in total. The molecule has 0 atom stereocenters. The molecule has 1 aromatic carbocycles. The van der Waals surface area contributed by atoms with E-state index in [1.807, 2.05) is 0 Å². The van der Waals surface area contributed by atoms with Gasteiger partial charge in [-0.2, -0.15) is 0 Å². The maximum atomic E-state index is 12.9. The molecule has 2 aromatic rings. The van der Waals surface area contributed by atoms with Gasteiger partial charge in [0.25, 0.3) is 5.91 Å². The molecule has 0 saturated heterocycles. The average molecular weight is 358 g/mol. The smallest absolute Gasteiger partial charge is 0.264 e. The lowest BCUT2D eigenvalue weighted by atomic mass is 10.2. The zero-order chi connectivity index (χ0) is 16.7. The Labute approximate surface area is 142 Å². The van der Waals surface area contributed by atoms with E-state index in [-0.39, 0.29) is 23.3 Å². The van der Waals surface area contributed by atoms with Crippen LogP contribution in [-0.2, 0) is 11.2 Å². The van der Waals surface area contributed by atoms with Crippen molar-refractivity contribution in [1.82, 2.24) is 10.2 Å². The molecule has 1 amide bonds.